The van der Waals surface area contributed by atoms with Crippen molar-refractivity contribution in [2.75, 3.05) is 25.0 Å². The summed E-state index contributed by atoms with van der Waals surface area (Å²) in [6.07, 6.45) is 4.40. The number of benzene rings is 2. The number of rotatable bonds is 7. The van der Waals surface area contributed by atoms with E-state index in [1.807, 2.05) is 18.2 Å². The molecule has 2 N–H and O–H groups in total. The van der Waals surface area contributed by atoms with Crippen molar-refractivity contribution in [3.8, 4) is 0 Å². The molecule has 2 aromatic rings. The summed E-state index contributed by atoms with van der Waals surface area (Å²) < 4.78 is 0. The van der Waals surface area contributed by atoms with Crippen molar-refractivity contribution in [3.05, 3.63) is 65.7 Å². The van der Waals surface area contributed by atoms with Crippen LogP contribution in [0, 0.1) is 5.92 Å². The lowest BCUT2D eigenvalue weighted by molar-refractivity contribution is -0.117. The average Bonchev–Trinajstić information content (AvgIpc) is 3.46. The topological polar surface area (TPSA) is 61.4 Å². The summed E-state index contributed by atoms with van der Waals surface area (Å²) in [5.41, 5.74) is 2.47. The molecule has 5 heteroatoms. The van der Waals surface area contributed by atoms with Crippen LogP contribution in [0.3, 0.4) is 0 Å². The first kappa shape index (κ1) is 18.7. The van der Waals surface area contributed by atoms with E-state index >= 15 is 0 Å². The molecular weight excluding hydrogens is 350 g/mol. The van der Waals surface area contributed by atoms with Crippen molar-refractivity contribution in [2.45, 2.75) is 31.7 Å². The molecule has 2 amide bonds. The molecule has 0 bridgehead atoms. The van der Waals surface area contributed by atoms with Crippen LogP contribution in [0.2, 0.25) is 0 Å². The molecular formula is C23H27N3O2. The minimum absolute atomic E-state index is 0.0407. The molecule has 0 radical (unpaired) electrons. The summed E-state index contributed by atoms with van der Waals surface area (Å²) in [6.45, 7) is 3.01. The van der Waals surface area contributed by atoms with E-state index < -0.39 is 0 Å². The predicted octanol–water partition coefficient (Wildman–Crippen LogP) is 3.60. The molecule has 1 saturated heterocycles. The van der Waals surface area contributed by atoms with Gasteiger partial charge in [-0.2, -0.15) is 0 Å². The van der Waals surface area contributed by atoms with Gasteiger partial charge in [-0.15, -0.1) is 0 Å². The number of likely N-dealkylation sites (tertiary alicyclic amines) is 1. The van der Waals surface area contributed by atoms with E-state index in [0.717, 1.165) is 43.7 Å². The van der Waals surface area contributed by atoms with Gasteiger partial charge in [-0.3, -0.25) is 9.59 Å². The first-order valence-electron chi connectivity index (χ1n) is 10.2. The Balaban J connectivity index is 1.42. The average molecular weight is 377 g/mol. The molecule has 1 heterocycles. The number of amides is 2. The summed E-state index contributed by atoms with van der Waals surface area (Å²) in [7, 11) is 0. The Kier molecular flexibility index (Phi) is 5.72. The Hall–Kier alpha value is -2.66. The van der Waals surface area contributed by atoms with Crippen molar-refractivity contribution < 1.29 is 9.59 Å². The SMILES string of the molecule is O=C(NC(CN1CCCC1)c1ccccc1)c1ccc(NC(=O)C2CC2)cc1. The number of nitrogens with zero attached hydrogens (tertiary/aromatic N) is 1. The standard InChI is InChI=1S/C23H27N3O2/c27-22(18-8-9-18)24-20-12-10-19(11-13-20)23(28)25-21(16-26-14-4-5-15-26)17-6-2-1-3-7-17/h1-3,6-7,10-13,18,21H,4-5,8-9,14-16H2,(H,24,27)(H,25,28). The van der Waals surface area contributed by atoms with E-state index in [1.165, 1.54) is 12.8 Å². The van der Waals surface area contributed by atoms with Gasteiger partial charge in [0.1, 0.15) is 0 Å². The minimum atomic E-state index is -0.0897. The zero-order valence-electron chi connectivity index (χ0n) is 16.1. The van der Waals surface area contributed by atoms with Gasteiger partial charge in [-0.1, -0.05) is 30.3 Å². The zero-order valence-corrected chi connectivity index (χ0v) is 16.1. The van der Waals surface area contributed by atoms with E-state index in [0.29, 0.717) is 5.56 Å². The van der Waals surface area contributed by atoms with Crippen molar-refractivity contribution in [3.63, 3.8) is 0 Å². The molecule has 1 unspecified atom stereocenters. The van der Waals surface area contributed by atoms with Gasteiger partial charge >= 0.3 is 0 Å². The summed E-state index contributed by atoms with van der Waals surface area (Å²) in [5, 5.41) is 6.10. The first-order valence-corrected chi connectivity index (χ1v) is 10.2. The van der Waals surface area contributed by atoms with Crippen molar-refractivity contribution in [1.29, 1.82) is 0 Å². The normalized spacial score (nSPS) is 17.9. The van der Waals surface area contributed by atoms with E-state index in [-0.39, 0.29) is 23.8 Å². The second kappa shape index (κ2) is 8.57. The van der Waals surface area contributed by atoms with Crippen molar-refractivity contribution in [2.24, 2.45) is 5.92 Å². The maximum absolute atomic E-state index is 12.8. The second-order valence-electron chi connectivity index (χ2n) is 7.79. The quantitative estimate of drug-likeness (QED) is 0.775. The van der Waals surface area contributed by atoms with Crippen LogP contribution in [0.15, 0.2) is 54.6 Å². The first-order chi connectivity index (χ1) is 13.7. The van der Waals surface area contributed by atoms with Gasteiger partial charge in [-0.05, 0) is 68.6 Å². The van der Waals surface area contributed by atoms with E-state index in [4.69, 9.17) is 0 Å². The fourth-order valence-corrected chi connectivity index (χ4v) is 3.68. The fourth-order valence-electron chi connectivity index (χ4n) is 3.68. The number of nitrogens with one attached hydrogen (secondary N) is 2. The highest BCUT2D eigenvalue weighted by Crippen LogP contribution is 2.30. The maximum Gasteiger partial charge on any atom is 0.251 e. The lowest BCUT2D eigenvalue weighted by atomic mass is 10.1. The second-order valence-corrected chi connectivity index (χ2v) is 7.79. The lowest BCUT2D eigenvalue weighted by Gasteiger charge is -2.25. The Morgan fingerprint density at radius 1 is 0.964 bits per heavy atom. The fraction of sp³-hybridized carbons (Fsp3) is 0.391. The molecule has 1 atom stereocenters. The Labute approximate surface area is 166 Å². The monoisotopic (exact) mass is 377 g/mol. The van der Waals surface area contributed by atoms with E-state index in [9.17, 15) is 9.59 Å². The van der Waals surface area contributed by atoms with Crippen LogP contribution in [0.5, 0.6) is 0 Å². The lowest BCUT2D eigenvalue weighted by Crippen LogP contribution is -2.37. The molecule has 146 valence electrons. The molecule has 2 aliphatic rings. The molecule has 4 rings (SSSR count). The van der Waals surface area contributed by atoms with E-state index in [2.05, 4.69) is 27.7 Å². The van der Waals surface area contributed by atoms with E-state index in [1.54, 1.807) is 24.3 Å². The van der Waals surface area contributed by atoms with Crippen LogP contribution >= 0.6 is 0 Å². The van der Waals surface area contributed by atoms with Crippen LogP contribution in [-0.4, -0.2) is 36.3 Å². The molecule has 0 aromatic heterocycles. The largest absolute Gasteiger partial charge is 0.344 e. The van der Waals surface area contributed by atoms with Gasteiger partial charge in [0.25, 0.3) is 5.91 Å². The Bertz CT molecular complexity index is 810. The van der Waals surface area contributed by atoms with Crippen LogP contribution in [0.1, 0.15) is 47.6 Å². The number of anilines is 1. The van der Waals surface area contributed by atoms with Gasteiger partial charge in [-0.25, -0.2) is 0 Å². The van der Waals surface area contributed by atoms with Gasteiger partial charge in [0.15, 0.2) is 0 Å². The summed E-state index contributed by atoms with van der Waals surface area (Å²) in [4.78, 5) is 27.1. The van der Waals surface area contributed by atoms with Crippen LogP contribution < -0.4 is 10.6 Å². The van der Waals surface area contributed by atoms with Crippen LogP contribution in [-0.2, 0) is 4.79 Å². The molecule has 5 nitrogen and oxygen atoms in total. The maximum atomic E-state index is 12.8. The number of hydrogen-bond donors (Lipinski definition) is 2. The Morgan fingerprint density at radius 2 is 1.64 bits per heavy atom. The number of hydrogen-bond acceptors (Lipinski definition) is 3. The third-order valence-corrected chi connectivity index (χ3v) is 5.51. The van der Waals surface area contributed by atoms with Crippen molar-refractivity contribution in [1.82, 2.24) is 10.2 Å². The number of carbonyl (C=O) groups excluding carboxylic acids is 2. The summed E-state index contributed by atoms with van der Waals surface area (Å²) in [5.74, 6) is 0.153. The molecule has 1 aliphatic carbocycles. The Morgan fingerprint density at radius 3 is 2.29 bits per heavy atom. The highest BCUT2D eigenvalue weighted by atomic mass is 16.2. The van der Waals surface area contributed by atoms with Crippen molar-refractivity contribution >= 4 is 17.5 Å². The van der Waals surface area contributed by atoms with Gasteiger partial charge in [0.2, 0.25) is 5.91 Å². The van der Waals surface area contributed by atoms with Crippen LogP contribution in [0.4, 0.5) is 5.69 Å². The smallest absolute Gasteiger partial charge is 0.251 e. The minimum Gasteiger partial charge on any atom is -0.344 e. The van der Waals surface area contributed by atoms with Crippen LogP contribution in [0.25, 0.3) is 0 Å². The molecule has 1 aliphatic heterocycles. The van der Waals surface area contributed by atoms with Gasteiger partial charge in [0, 0.05) is 23.7 Å². The highest BCUT2D eigenvalue weighted by molar-refractivity contribution is 5.97. The molecule has 1 saturated carbocycles. The highest BCUT2D eigenvalue weighted by Gasteiger charge is 2.29. The molecule has 0 spiro atoms. The third kappa shape index (κ3) is 4.78. The molecule has 2 fully saturated rings. The van der Waals surface area contributed by atoms with Gasteiger partial charge < -0.3 is 15.5 Å². The molecule has 28 heavy (non-hydrogen) atoms. The van der Waals surface area contributed by atoms with Gasteiger partial charge in [0.05, 0.1) is 6.04 Å². The molecule has 2 aromatic carbocycles. The predicted molar refractivity (Wildman–Crippen MR) is 110 cm³/mol. The zero-order chi connectivity index (χ0) is 19.3. The number of carbonyl (C=O) groups is 2. The third-order valence-electron chi connectivity index (χ3n) is 5.51. The summed E-state index contributed by atoms with van der Waals surface area (Å²) in [6, 6.07) is 17.3. The summed E-state index contributed by atoms with van der Waals surface area (Å²) >= 11 is 0.